The smallest absolute Gasteiger partial charge is 0.176 e. The van der Waals surface area contributed by atoms with Gasteiger partial charge in [-0.15, -0.1) is 0 Å². The molecule has 0 spiro atoms. The molecule has 0 atom stereocenters. The van der Waals surface area contributed by atoms with Crippen LogP contribution in [0.25, 0.3) is 0 Å². The second-order valence-corrected chi connectivity index (χ2v) is 3.73. The lowest BCUT2D eigenvalue weighted by atomic mass is 10.1. The number of hydrogen-bond acceptors (Lipinski definition) is 2. The van der Waals surface area contributed by atoms with E-state index in [4.69, 9.17) is 9.47 Å². The molecule has 0 aliphatic rings. The molecular weight excluding hydrogens is 243 g/mol. The Labute approximate surface area is 111 Å². The van der Waals surface area contributed by atoms with E-state index in [1.54, 1.807) is 38.5 Å². The van der Waals surface area contributed by atoms with Gasteiger partial charge in [0.05, 0.1) is 19.8 Å². The van der Waals surface area contributed by atoms with Gasteiger partial charge in [0.25, 0.3) is 0 Å². The summed E-state index contributed by atoms with van der Waals surface area (Å²) in [6.07, 6.45) is 0. The lowest BCUT2D eigenvalue weighted by Gasteiger charge is -2.08. The SMILES string of the molecule is COc1c[c]cc(C#Cc2cccc(F)c2)c1OC. The number of benzene rings is 2. The van der Waals surface area contributed by atoms with E-state index in [1.165, 1.54) is 12.1 Å². The van der Waals surface area contributed by atoms with Gasteiger partial charge in [0.2, 0.25) is 0 Å². The Morgan fingerprint density at radius 3 is 2.63 bits per heavy atom. The Kier molecular flexibility index (Phi) is 4.04. The van der Waals surface area contributed by atoms with Gasteiger partial charge >= 0.3 is 0 Å². The fraction of sp³-hybridized carbons (Fsp3) is 0.125. The fourth-order valence-corrected chi connectivity index (χ4v) is 1.63. The van der Waals surface area contributed by atoms with Gasteiger partial charge in [0.1, 0.15) is 5.82 Å². The third kappa shape index (κ3) is 3.05. The van der Waals surface area contributed by atoms with Crippen molar-refractivity contribution < 1.29 is 13.9 Å². The first-order valence-electron chi connectivity index (χ1n) is 5.64. The van der Waals surface area contributed by atoms with Gasteiger partial charge in [-0.25, -0.2) is 4.39 Å². The quantitative estimate of drug-likeness (QED) is 0.768. The molecule has 19 heavy (non-hydrogen) atoms. The molecule has 0 N–H and O–H groups in total. The molecule has 1 radical (unpaired) electrons. The second kappa shape index (κ2) is 5.92. The van der Waals surface area contributed by atoms with Crippen LogP contribution >= 0.6 is 0 Å². The van der Waals surface area contributed by atoms with Crippen molar-refractivity contribution >= 4 is 0 Å². The summed E-state index contributed by atoms with van der Waals surface area (Å²) in [5, 5.41) is 0. The monoisotopic (exact) mass is 255 g/mol. The van der Waals surface area contributed by atoms with E-state index in [2.05, 4.69) is 17.9 Å². The minimum absolute atomic E-state index is 0.309. The van der Waals surface area contributed by atoms with E-state index in [9.17, 15) is 4.39 Å². The summed E-state index contributed by atoms with van der Waals surface area (Å²) >= 11 is 0. The van der Waals surface area contributed by atoms with Crippen molar-refractivity contribution in [3.05, 3.63) is 59.4 Å². The van der Waals surface area contributed by atoms with Crippen LogP contribution in [0.3, 0.4) is 0 Å². The summed E-state index contributed by atoms with van der Waals surface area (Å²) in [6.45, 7) is 0. The first-order valence-corrected chi connectivity index (χ1v) is 5.64. The zero-order valence-corrected chi connectivity index (χ0v) is 10.7. The first-order chi connectivity index (χ1) is 9.24. The van der Waals surface area contributed by atoms with Gasteiger partial charge in [-0.05, 0) is 36.4 Å². The molecule has 2 aromatic rings. The molecule has 0 aliphatic heterocycles. The molecule has 2 nitrogen and oxygen atoms in total. The van der Waals surface area contributed by atoms with Crippen LogP contribution in [0.4, 0.5) is 4.39 Å². The average molecular weight is 255 g/mol. The van der Waals surface area contributed by atoms with E-state index < -0.39 is 0 Å². The molecule has 0 bridgehead atoms. The van der Waals surface area contributed by atoms with Gasteiger partial charge < -0.3 is 9.47 Å². The third-order valence-electron chi connectivity index (χ3n) is 2.50. The first kappa shape index (κ1) is 13.0. The van der Waals surface area contributed by atoms with E-state index >= 15 is 0 Å². The van der Waals surface area contributed by atoms with Gasteiger partial charge in [0.15, 0.2) is 11.5 Å². The van der Waals surface area contributed by atoms with Crippen molar-refractivity contribution in [3.63, 3.8) is 0 Å². The van der Waals surface area contributed by atoms with Gasteiger partial charge in [0, 0.05) is 5.56 Å². The van der Waals surface area contributed by atoms with Crippen LogP contribution in [0.2, 0.25) is 0 Å². The molecule has 0 fully saturated rings. The highest BCUT2D eigenvalue weighted by Crippen LogP contribution is 2.29. The van der Waals surface area contributed by atoms with Crippen molar-refractivity contribution in [1.82, 2.24) is 0 Å². The van der Waals surface area contributed by atoms with Crippen molar-refractivity contribution in [2.45, 2.75) is 0 Å². The maximum Gasteiger partial charge on any atom is 0.176 e. The number of methoxy groups -OCH3 is 2. The Morgan fingerprint density at radius 2 is 1.95 bits per heavy atom. The molecule has 0 aromatic heterocycles. The van der Waals surface area contributed by atoms with Crippen LogP contribution in [-0.2, 0) is 0 Å². The second-order valence-electron chi connectivity index (χ2n) is 3.73. The van der Waals surface area contributed by atoms with Gasteiger partial charge in [-0.1, -0.05) is 17.9 Å². The van der Waals surface area contributed by atoms with Crippen LogP contribution in [0.1, 0.15) is 11.1 Å². The largest absolute Gasteiger partial charge is 0.493 e. The van der Waals surface area contributed by atoms with E-state index in [1.807, 2.05) is 0 Å². The van der Waals surface area contributed by atoms with Crippen LogP contribution in [0.15, 0.2) is 36.4 Å². The minimum atomic E-state index is -0.309. The summed E-state index contributed by atoms with van der Waals surface area (Å²) in [4.78, 5) is 0. The number of rotatable bonds is 2. The van der Waals surface area contributed by atoms with Crippen LogP contribution in [0, 0.1) is 23.7 Å². The molecule has 0 saturated heterocycles. The van der Waals surface area contributed by atoms with Crippen LogP contribution in [0.5, 0.6) is 11.5 Å². The predicted molar refractivity (Wildman–Crippen MR) is 70.8 cm³/mol. The molecule has 0 amide bonds. The molecule has 3 heteroatoms. The van der Waals surface area contributed by atoms with Gasteiger partial charge in [-0.2, -0.15) is 0 Å². The average Bonchev–Trinajstić information content (AvgIpc) is 2.44. The maximum atomic E-state index is 13.0. The molecular formula is C16H12FO2. The maximum absolute atomic E-state index is 13.0. The minimum Gasteiger partial charge on any atom is -0.493 e. The fourth-order valence-electron chi connectivity index (χ4n) is 1.63. The van der Waals surface area contributed by atoms with Crippen molar-refractivity contribution in [1.29, 1.82) is 0 Å². The summed E-state index contributed by atoms with van der Waals surface area (Å²) in [7, 11) is 3.10. The number of hydrogen-bond donors (Lipinski definition) is 0. The highest BCUT2D eigenvalue weighted by Gasteiger charge is 2.07. The summed E-state index contributed by atoms with van der Waals surface area (Å²) in [5.74, 6) is 6.61. The van der Waals surface area contributed by atoms with Gasteiger partial charge in [-0.3, -0.25) is 0 Å². The van der Waals surface area contributed by atoms with Crippen LogP contribution in [-0.4, -0.2) is 14.2 Å². The highest BCUT2D eigenvalue weighted by molar-refractivity contribution is 5.55. The Balaban J connectivity index is 2.39. The Hall–Kier alpha value is -2.47. The lowest BCUT2D eigenvalue weighted by molar-refractivity contribution is 0.354. The van der Waals surface area contributed by atoms with Crippen LogP contribution < -0.4 is 9.47 Å². The topological polar surface area (TPSA) is 18.5 Å². The van der Waals surface area contributed by atoms with Crippen molar-refractivity contribution in [2.75, 3.05) is 14.2 Å². The molecule has 2 rings (SSSR count). The Bertz CT molecular complexity index is 639. The Morgan fingerprint density at radius 1 is 1.11 bits per heavy atom. The summed E-state index contributed by atoms with van der Waals surface area (Å²) < 4.78 is 23.5. The summed E-state index contributed by atoms with van der Waals surface area (Å²) in [5.41, 5.74) is 1.25. The molecule has 0 saturated carbocycles. The lowest BCUT2D eigenvalue weighted by Crippen LogP contribution is -1.93. The van der Waals surface area contributed by atoms with Crippen molar-refractivity contribution in [3.8, 4) is 23.3 Å². The normalized spacial score (nSPS) is 9.42. The predicted octanol–water partition coefficient (Wildman–Crippen LogP) is 3.04. The summed E-state index contributed by atoms with van der Waals surface area (Å²) in [6, 6.07) is 12.4. The highest BCUT2D eigenvalue weighted by atomic mass is 19.1. The standard InChI is InChI=1S/C16H12FO2/c1-18-15-8-4-6-13(16(15)19-2)10-9-12-5-3-7-14(17)11-12/h3,5-8,11H,1-2H3. The molecule has 0 aliphatic carbocycles. The zero-order valence-electron chi connectivity index (χ0n) is 10.7. The molecule has 0 unspecified atom stereocenters. The van der Waals surface area contributed by atoms with E-state index in [0.717, 1.165) is 0 Å². The number of halogens is 1. The van der Waals surface area contributed by atoms with E-state index in [0.29, 0.717) is 22.6 Å². The molecule has 2 aromatic carbocycles. The zero-order chi connectivity index (χ0) is 13.7. The third-order valence-corrected chi connectivity index (χ3v) is 2.50. The molecule has 0 heterocycles. The van der Waals surface area contributed by atoms with Crippen molar-refractivity contribution in [2.24, 2.45) is 0 Å². The molecule has 95 valence electrons. The van der Waals surface area contributed by atoms with E-state index in [-0.39, 0.29) is 5.82 Å². The number of ether oxygens (including phenoxy) is 2.